The van der Waals surface area contributed by atoms with E-state index in [2.05, 4.69) is 5.32 Å². The number of nitrogens with one attached hydrogen (secondary N) is 1. The highest BCUT2D eigenvalue weighted by molar-refractivity contribution is 5.96. The zero-order valence-corrected chi connectivity index (χ0v) is 23.5. The van der Waals surface area contributed by atoms with E-state index in [4.69, 9.17) is 9.47 Å². The summed E-state index contributed by atoms with van der Waals surface area (Å²) in [7, 11) is 1.43. The van der Waals surface area contributed by atoms with Gasteiger partial charge >= 0.3 is 0 Å². The molecule has 0 spiro atoms. The van der Waals surface area contributed by atoms with Crippen molar-refractivity contribution in [2.75, 3.05) is 20.3 Å². The van der Waals surface area contributed by atoms with Gasteiger partial charge in [-0.3, -0.25) is 14.4 Å². The molecule has 4 atom stereocenters. The maximum absolute atomic E-state index is 13.6. The van der Waals surface area contributed by atoms with Crippen LogP contribution in [0.1, 0.15) is 59.2 Å². The summed E-state index contributed by atoms with van der Waals surface area (Å²) in [5, 5.41) is 23.7. The third kappa shape index (κ3) is 6.49. The normalized spacial score (nSPS) is 20.7. The van der Waals surface area contributed by atoms with E-state index in [0.29, 0.717) is 29.6 Å². The van der Waals surface area contributed by atoms with E-state index >= 15 is 0 Å². The number of nitrogens with zero attached hydrogens (tertiary/aromatic N) is 1. The van der Waals surface area contributed by atoms with Crippen LogP contribution in [0.15, 0.2) is 48.0 Å². The van der Waals surface area contributed by atoms with Crippen LogP contribution in [0.5, 0.6) is 11.5 Å². The van der Waals surface area contributed by atoms with Crippen LogP contribution in [0.4, 0.5) is 0 Å². The van der Waals surface area contributed by atoms with Gasteiger partial charge in [-0.15, -0.1) is 0 Å². The molecule has 1 aliphatic carbocycles. The highest BCUT2D eigenvalue weighted by atomic mass is 16.5. The number of aliphatic hydroxyl groups is 2. The number of fused-ring (bicyclic) bond motifs is 3. The molecule has 0 saturated carbocycles. The summed E-state index contributed by atoms with van der Waals surface area (Å²) < 4.78 is 11.7. The number of amides is 2. The first kappa shape index (κ1) is 30.0. The Morgan fingerprint density at radius 1 is 1.15 bits per heavy atom. The molecular weight excluding hydrogens is 528 g/mol. The minimum atomic E-state index is -1.24. The Morgan fingerprint density at radius 2 is 1.88 bits per heavy atom. The number of aryl methyl sites for hydroxylation is 1. The first-order valence-corrected chi connectivity index (χ1v) is 13.7. The zero-order chi connectivity index (χ0) is 29.7. The number of aliphatic hydroxyl groups excluding tert-OH is 2. The average Bonchev–Trinajstić information content (AvgIpc) is 3.35. The van der Waals surface area contributed by atoms with Gasteiger partial charge in [-0.2, -0.15) is 0 Å². The second-order valence-corrected chi connectivity index (χ2v) is 10.5. The lowest BCUT2D eigenvalue weighted by Gasteiger charge is -2.41. The second kappa shape index (κ2) is 13.1. The quantitative estimate of drug-likeness (QED) is 0.333. The van der Waals surface area contributed by atoms with Crippen LogP contribution < -0.4 is 14.8 Å². The van der Waals surface area contributed by atoms with Crippen LogP contribution in [-0.4, -0.2) is 77.5 Å². The molecule has 3 N–H and O–H groups in total. The first-order valence-electron chi connectivity index (χ1n) is 13.7. The average molecular weight is 565 g/mol. The van der Waals surface area contributed by atoms with Gasteiger partial charge in [0.25, 0.3) is 0 Å². The number of rotatable bonds is 12. The number of Topliss-reactive ketones (excluding diaryl/α,β-unsaturated/α-hetero) is 1. The first-order chi connectivity index (χ1) is 19.7. The van der Waals surface area contributed by atoms with Gasteiger partial charge in [0, 0.05) is 42.6 Å². The van der Waals surface area contributed by atoms with E-state index in [9.17, 15) is 29.4 Å². The van der Waals surface area contributed by atoms with E-state index in [1.807, 2.05) is 31.2 Å². The Balaban J connectivity index is 1.79. The molecule has 4 rings (SSSR count). The molecule has 0 saturated heterocycles. The Hall–Kier alpha value is -4.02. The molecule has 10 heteroatoms. The minimum absolute atomic E-state index is 0.00322. The molecule has 1 aliphatic heterocycles. The highest BCUT2D eigenvalue weighted by Crippen LogP contribution is 2.51. The Morgan fingerprint density at radius 3 is 2.51 bits per heavy atom. The number of carbonyl (C=O) groups is 4. The second-order valence-electron chi connectivity index (χ2n) is 10.5. The summed E-state index contributed by atoms with van der Waals surface area (Å²) in [6, 6.07) is 9.84. The fourth-order valence-corrected chi connectivity index (χ4v) is 5.44. The standard InChI is InChI=1S/C31H36N2O8/c1-18-7-9-20(10-8-18)16-33(26(37)6-4-5-19(2)36)24-15-23(31(39)32-11-12-34)27-22-13-21(17-35)14-25(40-3)29(22)41-30(27)28(24)38/h7-10,13-15,17,24,27-28,30,34,38H,4-6,11-12,16H2,1-3H3,(H,32,39)/t24-,27+,28+,30+/m1/s1. The summed E-state index contributed by atoms with van der Waals surface area (Å²) in [5.41, 5.74) is 2.96. The zero-order valence-electron chi connectivity index (χ0n) is 23.5. The summed E-state index contributed by atoms with van der Waals surface area (Å²) in [4.78, 5) is 51.8. The number of benzene rings is 2. The number of hydrogen-bond donors (Lipinski definition) is 3. The molecule has 2 aromatic carbocycles. The molecule has 10 nitrogen and oxygen atoms in total. The van der Waals surface area contributed by atoms with Crippen molar-refractivity contribution in [2.24, 2.45) is 0 Å². The third-order valence-electron chi connectivity index (χ3n) is 7.48. The van der Waals surface area contributed by atoms with Crippen molar-refractivity contribution in [2.45, 2.75) is 63.8 Å². The fraction of sp³-hybridized carbons (Fsp3) is 0.419. The molecule has 0 radical (unpaired) electrons. The van der Waals surface area contributed by atoms with Crippen molar-refractivity contribution in [1.82, 2.24) is 10.2 Å². The van der Waals surface area contributed by atoms with Gasteiger partial charge in [0.15, 0.2) is 11.5 Å². The molecule has 1 heterocycles. The summed E-state index contributed by atoms with van der Waals surface area (Å²) in [6.45, 7) is 3.32. The van der Waals surface area contributed by atoms with E-state index in [1.54, 1.807) is 12.1 Å². The molecule has 0 fully saturated rings. The maximum atomic E-state index is 13.6. The van der Waals surface area contributed by atoms with Gasteiger partial charge in [0.2, 0.25) is 11.8 Å². The lowest BCUT2D eigenvalue weighted by atomic mass is 9.77. The lowest BCUT2D eigenvalue weighted by Crippen LogP contribution is -2.55. The summed E-state index contributed by atoms with van der Waals surface area (Å²) in [6.07, 6.45) is 0.730. The maximum Gasteiger partial charge on any atom is 0.247 e. The smallest absolute Gasteiger partial charge is 0.247 e. The molecule has 2 aliphatic rings. The molecule has 41 heavy (non-hydrogen) atoms. The third-order valence-corrected chi connectivity index (χ3v) is 7.48. The topological polar surface area (TPSA) is 142 Å². The monoisotopic (exact) mass is 564 g/mol. The molecule has 0 unspecified atom stereocenters. The SMILES string of the molecule is COc1cc(C=O)cc2c1O[C@@H]1[C@@H](O)[C@H](N(Cc3ccc(C)cc3)C(=O)CCCC(C)=O)C=C(C(=O)NCCO)[C@H]21. The highest BCUT2D eigenvalue weighted by Gasteiger charge is 2.51. The largest absolute Gasteiger partial charge is 0.493 e. The van der Waals surface area contributed by atoms with E-state index in [1.165, 1.54) is 25.0 Å². The van der Waals surface area contributed by atoms with Gasteiger partial charge in [-0.25, -0.2) is 0 Å². The van der Waals surface area contributed by atoms with Crippen LogP contribution in [0.2, 0.25) is 0 Å². The fourth-order valence-electron chi connectivity index (χ4n) is 5.44. The number of hydrogen-bond acceptors (Lipinski definition) is 8. The number of methoxy groups -OCH3 is 1. The molecule has 2 amide bonds. The Bertz CT molecular complexity index is 1340. The molecule has 218 valence electrons. The summed E-state index contributed by atoms with van der Waals surface area (Å²) >= 11 is 0. The molecule has 2 aromatic rings. The van der Waals surface area contributed by atoms with Crippen molar-refractivity contribution < 1.29 is 38.9 Å². The Labute approximate surface area is 238 Å². The Kier molecular flexibility index (Phi) is 9.57. The van der Waals surface area contributed by atoms with Crippen LogP contribution >= 0.6 is 0 Å². The van der Waals surface area contributed by atoms with Gasteiger partial charge in [-0.1, -0.05) is 29.8 Å². The number of ether oxygens (including phenoxy) is 2. The van der Waals surface area contributed by atoms with E-state index in [-0.39, 0.29) is 55.6 Å². The molecule has 0 aromatic heterocycles. The van der Waals surface area contributed by atoms with Gasteiger partial charge in [-0.05, 0) is 44.0 Å². The van der Waals surface area contributed by atoms with E-state index < -0.39 is 30.1 Å². The van der Waals surface area contributed by atoms with Gasteiger partial charge in [0.1, 0.15) is 24.3 Å². The number of aldehydes is 1. The molecular formula is C31H36N2O8. The van der Waals surface area contributed by atoms with Crippen LogP contribution in [0, 0.1) is 6.92 Å². The van der Waals surface area contributed by atoms with Crippen LogP contribution in [0.3, 0.4) is 0 Å². The predicted molar refractivity (Wildman–Crippen MR) is 150 cm³/mol. The van der Waals surface area contributed by atoms with Crippen molar-refractivity contribution in [3.8, 4) is 11.5 Å². The number of carbonyl (C=O) groups excluding carboxylic acids is 4. The van der Waals surface area contributed by atoms with Crippen LogP contribution in [-0.2, 0) is 20.9 Å². The van der Waals surface area contributed by atoms with Crippen molar-refractivity contribution in [3.63, 3.8) is 0 Å². The predicted octanol–water partition coefficient (Wildman–Crippen LogP) is 2.23. The minimum Gasteiger partial charge on any atom is -0.493 e. The summed E-state index contributed by atoms with van der Waals surface area (Å²) in [5.74, 6) is -0.944. The number of ketones is 1. The van der Waals surface area contributed by atoms with Crippen molar-refractivity contribution in [3.05, 3.63) is 70.3 Å². The van der Waals surface area contributed by atoms with Crippen molar-refractivity contribution >= 4 is 23.9 Å². The van der Waals surface area contributed by atoms with Gasteiger partial charge < -0.3 is 34.7 Å². The van der Waals surface area contributed by atoms with Gasteiger partial charge in [0.05, 0.1) is 25.7 Å². The van der Waals surface area contributed by atoms with Crippen LogP contribution in [0.25, 0.3) is 0 Å². The van der Waals surface area contributed by atoms with E-state index in [0.717, 1.165) is 11.1 Å². The van der Waals surface area contributed by atoms with Crippen molar-refractivity contribution in [1.29, 1.82) is 0 Å². The molecule has 0 bridgehead atoms. The lowest BCUT2D eigenvalue weighted by molar-refractivity contribution is -0.138.